The molecule has 0 saturated carbocycles. The fourth-order valence-corrected chi connectivity index (χ4v) is 4.67. The Kier molecular flexibility index (Phi) is 6.14. The molecule has 0 radical (unpaired) electrons. The van der Waals surface area contributed by atoms with Gasteiger partial charge < -0.3 is 4.74 Å². The number of hydrogen-bond acceptors (Lipinski definition) is 4. The minimum absolute atomic E-state index is 0.0471. The van der Waals surface area contributed by atoms with E-state index in [0.717, 1.165) is 17.7 Å². The zero-order valence-electron chi connectivity index (χ0n) is 14.5. The summed E-state index contributed by atoms with van der Waals surface area (Å²) in [5.41, 5.74) is 0.798. The van der Waals surface area contributed by atoms with E-state index in [1.54, 1.807) is 18.2 Å². The summed E-state index contributed by atoms with van der Waals surface area (Å²) in [4.78, 5) is 12.3. The van der Waals surface area contributed by atoms with Crippen molar-refractivity contribution in [3.05, 3.63) is 64.9 Å². The van der Waals surface area contributed by atoms with Crippen LogP contribution in [0.1, 0.15) is 18.4 Å². The summed E-state index contributed by atoms with van der Waals surface area (Å²) in [6.45, 7) is 0.570. The van der Waals surface area contributed by atoms with E-state index in [1.165, 1.54) is 16.4 Å². The summed E-state index contributed by atoms with van der Waals surface area (Å²) in [6, 6.07) is 11.8. The van der Waals surface area contributed by atoms with Crippen molar-refractivity contribution in [2.45, 2.75) is 24.3 Å². The number of nitrogens with zero attached hydrogens (tertiary/aromatic N) is 1. The van der Waals surface area contributed by atoms with Crippen LogP contribution in [0, 0.1) is 11.7 Å². The third-order valence-corrected chi connectivity index (χ3v) is 6.66. The van der Waals surface area contributed by atoms with Gasteiger partial charge in [-0.15, -0.1) is 0 Å². The van der Waals surface area contributed by atoms with Crippen LogP contribution in [-0.4, -0.2) is 31.8 Å². The van der Waals surface area contributed by atoms with Gasteiger partial charge in [0.2, 0.25) is 10.0 Å². The van der Waals surface area contributed by atoms with Gasteiger partial charge in [-0.2, -0.15) is 4.31 Å². The minimum atomic E-state index is -3.69. The average molecular weight is 412 g/mol. The number of benzene rings is 2. The second kappa shape index (κ2) is 8.37. The van der Waals surface area contributed by atoms with E-state index >= 15 is 0 Å². The molecule has 0 atom stereocenters. The Morgan fingerprint density at radius 1 is 1.15 bits per heavy atom. The molecule has 0 spiro atoms. The van der Waals surface area contributed by atoms with Crippen LogP contribution in [0.5, 0.6) is 0 Å². The summed E-state index contributed by atoms with van der Waals surface area (Å²) in [5.74, 6) is -1.17. The molecule has 0 aliphatic carbocycles. The van der Waals surface area contributed by atoms with Gasteiger partial charge in [0.15, 0.2) is 0 Å². The Balaban J connectivity index is 1.55. The molecule has 144 valence electrons. The normalized spacial score (nSPS) is 16.2. The molecule has 0 amide bonds. The number of carbonyl (C=O) groups excluding carboxylic acids is 1. The molecule has 0 unspecified atom stereocenters. The first-order valence-electron chi connectivity index (χ1n) is 8.53. The van der Waals surface area contributed by atoms with Crippen molar-refractivity contribution in [1.29, 1.82) is 0 Å². The Morgan fingerprint density at radius 2 is 1.81 bits per heavy atom. The number of piperidine rings is 1. The van der Waals surface area contributed by atoms with E-state index in [0.29, 0.717) is 17.9 Å². The second-order valence-corrected chi connectivity index (χ2v) is 8.74. The summed E-state index contributed by atoms with van der Waals surface area (Å²) in [5, 5.41) is 0.572. The molecular formula is C19H19ClFNO4S. The largest absolute Gasteiger partial charge is 0.461 e. The highest BCUT2D eigenvalue weighted by Crippen LogP contribution is 2.25. The van der Waals surface area contributed by atoms with Gasteiger partial charge in [-0.25, -0.2) is 12.8 Å². The lowest BCUT2D eigenvalue weighted by Crippen LogP contribution is -2.40. The molecule has 1 aliphatic rings. The Hall–Kier alpha value is -1.96. The SMILES string of the molecule is O=C(OCc1cccc(Cl)c1)C1CCN(S(=O)(=O)c2ccc(F)cc2)CC1. The molecule has 27 heavy (non-hydrogen) atoms. The van der Waals surface area contributed by atoms with Crippen molar-refractivity contribution in [3.63, 3.8) is 0 Å². The number of sulfonamides is 1. The summed E-state index contributed by atoms with van der Waals surface area (Å²) < 4.78 is 44.8. The van der Waals surface area contributed by atoms with Gasteiger partial charge in [-0.05, 0) is 54.8 Å². The van der Waals surface area contributed by atoms with Crippen LogP contribution in [0.3, 0.4) is 0 Å². The van der Waals surface area contributed by atoms with Crippen LogP contribution in [-0.2, 0) is 26.2 Å². The molecule has 0 aromatic heterocycles. The number of ether oxygens (including phenoxy) is 1. The van der Waals surface area contributed by atoms with Crippen molar-refractivity contribution in [2.24, 2.45) is 5.92 Å². The zero-order chi connectivity index (χ0) is 19.4. The highest BCUT2D eigenvalue weighted by Gasteiger charge is 2.32. The van der Waals surface area contributed by atoms with E-state index in [2.05, 4.69) is 0 Å². The van der Waals surface area contributed by atoms with Gasteiger partial charge in [0.05, 0.1) is 10.8 Å². The molecule has 8 heteroatoms. The van der Waals surface area contributed by atoms with Crippen LogP contribution in [0.15, 0.2) is 53.4 Å². The lowest BCUT2D eigenvalue weighted by molar-refractivity contribution is -0.151. The minimum Gasteiger partial charge on any atom is -0.461 e. The van der Waals surface area contributed by atoms with E-state index in [4.69, 9.17) is 16.3 Å². The van der Waals surface area contributed by atoms with Crippen molar-refractivity contribution in [2.75, 3.05) is 13.1 Å². The molecule has 0 bridgehead atoms. The van der Waals surface area contributed by atoms with Crippen molar-refractivity contribution in [3.8, 4) is 0 Å². The van der Waals surface area contributed by atoms with Crippen LogP contribution >= 0.6 is 11.6 Å². The molecule has 1 heterocycles. The van der Waals surface area contributed by atoms with Crippen LogP contribution < -0.4 is 0 Å². The molecular weight excluding hydrogens is 393 g/mol. The van der Waals surface area contributed by atoms with E-state index < -0.39 is 15.8 Å². The molecule has 0 N–H and O–H groups in total. The Labute approximate surface area is 162 Å². The quantitative estimate of drug-likeness (QED) is 0.705. The summed E-state index contributed by atoms with van der Waals surface area (Å²) >= 11 is 5.90. The lowest BCUT2D eigenvalue weighted by atomic mass is 9.98. The predicted octanol–water partition coefficient (Wildman–Crippen LogP) is 3.62. The third-order valence-electron chi connectivity index (χ3n) is 4.51. The lowest BCUT2D eigenvalue weighted by Gasteiger charge is -2.30. The fraction of sp³-hybridized carbons (Fsp3) is 0.316. The van der Waals surface area contributed by atoms with Gasteiger partial charge in [-0.1, -0.05) is 23.7 Å². The van der Waals surface area contributed by atoms with E-state index in [-0.39, 0.29) is 36.5 Å². The summed E-state index contributed by atoms with van der Waals surface area (Å²) in [6.07, 6.45) is 0.767. The Bertz CT molecular complexity index is 910. The van der Waals surface area contributed by atoms with Gasteiger partial charge in [0.1, 0.15) is 12.4 Å². The first-order chi connectivity index (χ1) is 12.9. The third kappa shape index (κ3) is 4.86. The van der Waals surface area contributed by atoms with Crippen LogP contribution in [0.4, 0.5) is 4.39 Å². The van der Waals surface area contributed by atoms with Gasteiger partial charge in [0, 0.05) is 18.1 Å². The zero-order valence-corrected chi connectivity index (χ0v) is 16.0. The first-order valence-corrected chi connectivity index (χ1v) is 10.3. The van der Waals surface area contributed by atoms with Crippen molar-refractivity contribution < 1.29 is 22.3 Å². The molecule has 5 nitrogen and oxygen atoms in total. The predicted molar refractivity (Wildman–Crippen MR) is 99.1 cm³/mol. The summed E-state index contributed by atoms with van der Waals surface area (Å²) in [7, 11) is -3.69. The highest BCUT2D eigenvalue weighted by molar-refractivity contribution is 7.89. The topological polar surface area (TPSA) is 63.7 Å². The second-order valence-electron chi connectivity index (χ2n) is 6.37. The van der Waals surface area contributed by atoms with E-state index in [1.807, 2.05) is 6.07 Å². The van der Waals surface area contributed by atoms with Crippen LogP contribution in [0.2, 0.25) is 5.02 Å². The molecule has 2 aromatic rings. The Morgan fingerprint density at radius 3 is 2.44 bits per heavy atom. The smallest absolute Gasteiger partial charge is 0.309 e. The van der Waals surface area contributed by atoms with Crippen molar-refractivity contribution in [1.82, 2.24) is 4.31 Å². The maximum atomic E-state index is 13.0. The number of esters is 1. The molecule has 2 aromatic carbocycles. The standard InChI is InChI=1S/C19H19ClFNO4S/c20-16-3-1-2-14(12-16)13-26-19(23)15-8-10-22(11-9-15)27(24,25)18-6-4-17(21)5-7-18/h1-7,12,15H,8-11,13H2. The highest BCUT2D eigenvalue weighted by atomic mass is 35.5. The van der Waals surface area contributed by atoms with E-state index in [9.17, 15) is 17.6 Å². The van der Waals surface area contributed by atoms with Crippen LogP contribution in [0.25, 0.3) is 0 Å². The molecule has 1 fully saturated rings. The van der Waals surface area contributed by atoms with Gasteiger partial charge >= 0.3 is 5.97 Å². The molecule has 1 saturated heterocycles. The maximum Gasteiger partial charge on any atom is 0.309 e. The monoisotopic (exact) mass is 411 g/mol. The first kappa shape index (κ1) is 19.8. The number of rotatable bonds is 5. The van der Waals surface area contributed by atoms with Gasteiger partial charge in [0.25, 0.3) is 0 Å². The molecule has 3 rings (SSSR count). The number of halogens is 2. The average Bonchev–Trinajstić information content (AvgIpc) is 2.66. The van der Waals surface area contributed by atoms with Crippen molar-refractivity contribution >= 4 is 27.6 Å². The maximum absolute atomic E-state index is 13.0. The number of carbonyl (C=O) groups is 1. The van der Waals surface area contributed by atoms with Gasteiger partial charge in [-0.3, -0.25) is 4.79 Å². The number of hydrogen-bond donors (Lipinski definition) is 0. The molecule has 1 aliphatic heterocycles. The fourth-order valence-electron chi connectivity index (χ4n) is 2.99.